The van der Waals surface area contributed by atoms with Crippen molar-refractivity contribution >= 4 is 44.8 Å². The van der Waals surface area contributed by atoms with Crippen LogP contribution in [-0.4, -0.2) is 29.8 Å². The molecule has 1 aromatic heterocycles. The lowest BCUT2D eigenvalue weighted by atomic mass is 9.95. The first-order chi connectivity index (χ1) is 11.1. The molecule has 6 heteroatoms. The number of carbonyl (C=O) groups excluding carboxylic acids is 2. The second kappa shape index (κ2) is 7.27. The number of hydrogen-bond donors (Lipinski definition) is 1. The number of rotatable bonds is 3. The number of halogens is 1. The maximum Gasteiger partial charge on any atom is 0.263 e. The van der Waals surface area contributed by atoms with Gasteiger partial charge in [-0.05, 0) is 42.5 Å². The molecule has 3 rings (SSSR count). The molecule has 120 valence electrons. The van der Waals surface area contributed by atoms with Crippen LogP contribution in [0, 0.1) is 5.92 Å². The van der Waals surface area contributed by atoms with Gasteiger partial charge in [-0.3, -0.25) is 9.59 Å². The molecule has 2 aromatic rings. The minimum atomic E-state index is -0.0404. The van der Waals surface area contributed by atoms with Crippen molar-refractivity contribution in [3.05, 3.63) is 51.1 Å². The summed E-state index contributed by atoms with van der Waals surface area (Å²) in [6, 6.07) is 11.3. The second-order valence-corrected chi connectivity index (χ2v) is 7.41. The molecule has 2 heterocycles. The van der Waals surface area contributed by atoms with Gasteiger partial charge in [0, 0.05) is 29.2 Å². The number of benzene rings is 1. The molecule has 0 aliphatic carbocycles. The van der Waals surface area contributed by atoms with Crippen LogP contribution in [0.2, 0.25) is 0 Å². The lowest BCUT2D eigenvalue weighted by molar-refractivity contribution is -0.121. The number of thiophene rings is 1. The number of hydrogen-bond acceptors (Lipinski definition) is 3. The van der Waals surface area contributed by atoms with Crippen molar-refractivity contribution in [3.63, 3.8) is 0 Å². The molecule has 1 aliphatic rings. The van der Waals surface area contributed by atoms with Gasteiger partial charge in [0.15, 0.2) is 0 Å². The van der Waals surface area contributed by atoms with E-state index in [1.807, 2.05) is 46.7 Å². The zero-order valence-electron chi connectivity index (χ0n) is 12.5. The Labute approximate surface area is 147 Å². The van der Waals surface area contributed by atoms with E-state index in [1.165, 1.54) is 11.3 Å². The number of piperidine rings is 1. The zero-order chi connectivity index (χ0) is 16.2. The number of nitrogens with one attached hydrogen (secondary N) is 1. The van der Waals surface area contributed by atoms with Crippen molar-refractivity contribution in [2.75, 3.05) is 18.4 Å². The van der Waals surface area contributed by atoms with E-state index < -0.39 is 0 Å². The van der Waals surface area contributed by atoms with Crippen LogP contribution in [0.15, 0.2) is 46.3 Å². The summed E-state index contributed by atoms with van der Waals surface area (Å²) < 4.78 is 0.937. The predicted octanol–water partition coefficient (Wildman–Crippen LogP) is 4.00. The molecule has 1 aliphatic heterocycles. The van der Waals surface area contributed by atoms with Crippen molar-refractivity contribution in [3.8, 4) is 0 Å². The summed E-state index contributed by atoms with van der Waals surface area (Å²) in [4.78, 5) is 27.3. The molecule has 0 atom stereocenters. The van der Waals surface area contributed by atoms with E-state index in [0.29, 0.717) is 25.9 Å². The van der Waals surface area contributed by atoms with Gasteiger partial charge in [0.1, 0.15) is 0 Å². The van der Waals surface area contributed by atoms with Crippen LogP contribution in [0.3, 0.4) is 0 Å². The lowest BCUT2D eigenvalue weighted by Gasteiger charge is -2.31. The van der Waals surface area contributed by atoms with E-state index in [-0.39, 0.29) is 17.7 Å². The van der Waals surface area contributed by atoms with Gasteiger partial charge in [-0.1, -0.05) is 28.1 Å². The first-order valence-corrected chi connectivity index (χ1v) is 9.20. The normalized spacial score (nSPS) is 15.4. The topological polar surface area (TPSA) is 49.4 Å². The minimum absolute atomic E-state index is 0.0336. The third-order valence-corrected chi connectivity index (χ3v) is 5.33. The smallest absolute Gasteiger partial charge is 0.263 e. The van der Waals surface area contributed by atoms with Crippen molar-refractivity contribution in [1.29, 1.82) is 0 Å². The van der Waals surface area contributed by atoms with Crippen LogP contribution in [0.25, 0.3) is 0 Å². The predicted molar refractivity (Wildman–Crippen MR) is 95.7 cm³/mol. The molecule has 0 spiro atoms. The maximum atomic E-state index is 12.4. The van der Waals surface area contributed by atoms with Crippen LogP contribution < -0.4 is 5.32 Å². The first kappa shape index (κ1) is 16.2. The molecule has 1 saturated heterocycles. The monoisotopic (exact) mass is 392 g/mol. The molecule has 4 nitrogen and oxygen atoms in total. The van der Waals surface area contributed by atoms with E-state index in [2.05, 4.69) is 21.2 Å². The molecule has 0 unspecified atom stereocenters. The molecule has 0 bridgehead atoms. The zero-order valence-corrected chi connectivity index (χ0v) is 14.9. The fraction of sp³-hybridized carbons (Fsp3) is 0.294. The van der Waals surface area contributed by atoms with Gasteiger partial charge < -0.3 is 10.2 Å². The van der Waals surface area contributed by atoms with Gasteiger partial charge >= 0.3 is 0 Å². The van der Waals surface area contributed by atoms with E-state index in [9.17, 15) is 9.59 Å². The Hall–Kier alpha value is -1.66. The molecule has 1 fully saturated rings. The number of amides is 2. The highest BCUT2D eigenvalue weighted by molar-refractivity contribution is 9.10. The highest BCUT2D eigenvalue weighted by Crippen LogP contribution is 2.23. The average molecular weight is 393 g/mol. The number of likely N-dealkylation sites (tertiary alicyclic amines) is 1. The fourth-order valence-corrected chi connectivity index (χ4v) is 3.80. The Kier molecular flexibility index (Phi) is 5.13. The van der Waals surface area contributed by atoms with E-state index in [0.717, 1.165) is 15.0 Å². The summed E-state index contributed by atoms with van der Waals surface area (Å²) in [6.45, 7) is 1.26. The molecule has 0 saturated carbocycles. The van der Waals surface area contributed by atoms with E-state index in [1.54, 1.807) is 0 Å². The van der Waals surface area contributed by atoms with Gasteiger partial charge in [0.05, 0.1) is 4.88 Å². The van der Waals surface area contributed by atoms with Crippen LogP contribution >= 0.6 is 27.3 Å². The Morgan fingerprint density at radius 3 is 2.61 bits per heavy atom. The second-order valence-electron chi connectivity index (χ2n) is 5.54. The lowest BCUT2D eigenvalue weighted by Crippen LogP contribution is -2.41. The number of nitrogens with zero attached hydrogens (tertiary/aromatic N) is 1. The van der Waals surface area contributed by atoms with Gasteiger partial charge in [-0.25, -0.2) is 0 Å². The Bertz CT molecular complexity index is 694. The van der Waals surface area contributed by atoms with Crippen LogP contribution in [0.4, 0.5) is 5.69 Å². The quantitative estimate of drug-likeness (QED) is 0.857. The molecular weight excluding hydrogens is 376 g/mol. The standard InChI is InChI=1S/C17H17BrN2O2S/c18-13-3-1-4-14(11-13)19-16(21)12-6-8-20(9-7-12)17(22)15-5-2-10-23-15/h1-5,10-12H,6-9H2,(H,19,21). The summed E-state index contributed by atoms with van der Waals surface area (Å²) in [5, 5.41) is 4.86. The van der Waals surface area contributed by atoms with Gasteiger partial charge in [0.25, 0.3) is 5.91 Å². The molecule has 1 aromatic carbocycles. The number of carbonyl (C=O) groups is 2. The largest absolute Gasteiger partial charge is 0.338 e. The Morgan fingerprint density at radius 2 is 1.96 bits per heavy atom. The van der Waals surface area contributed by atoms with E-state index in [4.69, 9.17) is 0 Å². The highest BCUT2D eigenvalue weighted by atomic mass is 79.9. The summed E-state index contributed by atoms with van der Waals surface area (Å²) in [5.41, 5.74) is 0.793. The van der Waals surface area contributed by atoms with Crippen molar-refractivity contribution < 1.29 is 9.59 Å². The summed E-state index contributed by atoms with van der Waals surface area (Å²) in [6.07, 6.45) is 1.41. The summed E-state index contributed by atoms with van der Waals surface area (Å²) >= 11 is 4.86. The van der Waals surface area contributed by atoms with Crippen LogP contribution in [0.1, 0.15) is 22.5 Å². The molecular formula is C17H17BrN2O2S. The van der Waals surface area contributed by atoms with Crippen molar-refractivity contribution in [2.45, 2.75) is 12.8 Å². The Balaban J connectivity index is 1.54. The minimum Gasteiger partial charge on any atom is -0.338 e. The first-order valence-electron chi connectivity index (χ1n) is 7.52. The van der Waals surface area contributed by atoms with Crippen LogP contribution in [0.5, 0.6) is 0 Å². The number of anilines is 1. The third-order valence-electron chi connectivity index (χ3n) is 3.98. The molecule has 2 amide bonds. The molecule has 23 heavy (non-hydrogen) atoms. The third kappa shape index (κ3) is 4.00. The van der Waals surface area contributed by atoms with Crippen LogP contribution in [-0.2, 0) is 4.79 Å². The van der Waals surface area contributed by atoms with Crippen molar-refractivity contribution in [2.24, 2.45) is 5.92 Å². The summed E-state index contributed by atoms with van der Waals surface area (Å²) in [5.74, 6) is 0.0681. The Morgan fingerprint density at radius 1 is 1.17 bits per heavy atom. The molecule has 0 radical (unpaired) electrons. The van der Waals surface area contributed by atoms with E-state index >= 15 is 0 Å². The van der Waals surface area contributed by atoms with Gasteiger partial charge in [-0.2, -0.15) is 0 Å². The maximum absolute atomic E-state index is 12.4. The summed E-state index contributed by atoms with van der Waals surface area (Å²) in [7, 11) is 0. The average Bonchev–Trinajstić information content (AvgIpc) is 3.09. The SMILES string of the molecule is O=C(Nc1cccc(Br)c1)C1CCN(C(=O)c2cccs2)CC1. The van der Waals surface area contributed by atoms with Crippen molar-refractivity contribution in [1.82, 2.24) is 4.90 Å². The van der Waals surface area contributed by atoms with Gasteiger partial charge in [-0.15, -0.1) is 11.3 Å². The molecule has 1 N–H and O–H groups in total. The van der Waals surface area contributed by atoms with Gasteiger partial charge in [0.2, 0.25) is 5.91 Å². The highest BCUT2D eigenvalue weighted by Gasteiger charge is 2.28. The fourth-order valence-electron chi connectivity index (χ4n) is 2.71.